The Labute approximate surface area is 244 Å². The van der Waals surface area contributed by atoms with Crippen LogP contribution in [0.1, 0.15) is 80.6 Å². The maximum atomic E-state index is 15.0. The lowest BCUT2D eigenvalue weighted by Crippen LogP contribution is -2.51. The number of halogens is 2. The average Bonchev–Trinajstić information content (AvgIpc) is 3.14. The molecule has 10 nitrogen and oxygen atoms in total. The molecule has 224 valence electrons. The van der Waals surface area contributed by atoms with Gasteiger partial charge in [-0.15, -0.1) is 0 Å². The van der Waals surface area contributed by atoms with Crippen molar-refractivity contribution >= 4 is 29.5 Å². The first-order chi connectivity index (χ1) is 19.0. The summed E-state index contributed by atoms with van der Waals surface area (Å²) in [5.41, 5.74) is 4.47. The molecule has 0 unspecified atom stereocenters. The van der Waals surface area contributed by atoms with E-state index in [1.165, 1.54) is 4.90 Å². The van der Waals surface area contributed by atoms with E-state index in [0.717, 1.165) is 17.8 Å². The molecule has 1 fully saturated rings. The normalized spacial score (nSPS) is 16.5. The van der Waals surface area contributed by atoms with Gasteiger partial charge in [0, 0.05) is 23.0 Å². The Hall–Kier alpha value is -3.44. The van der Waals surface area contributed by atoms with Gasteiger partial charge < -0.3 is 14.2 Å². The predicted octanol–water partition coefficient (Wildman–Crippen LogP) is 5.21. The first-order valence-electron chi connectivity index (χ1n) is 13.3. The Bertz CT molecular complexity index is 1310. The summed E-state index contributed by atoms with van der Waals surface area (Å²) in [5, 5.41) is -0.0980. The van der Waals surface area contributed by atoms with E-state index in [9.17, 15) is 18.8 Å². The summed E-state index contributed by atoms with van der Waals surface area (Å²) in [5.74, 6) is -2.08. The average molecular weight is 593 g/mol. The molecule has 2 N–H and O–H groups in total. The maximum absolute atomic E-state index is 15.0. The van der Waals surface area contributed by atoms with Crippen LogP contribution in [0.25, 0.3) is 0 Å². The highest BCUT2D eigenvalue weighted by Gasteiger charge is 2.46. The van der Waals surface area contributed by atoms with Crippen LogP contribution in [0.15, 0.2) is 24.3 Å². The van der Waals surface area contributed by atoms with E-state index in [0.29, 0.717) is 23.6 Å². The van der Waals surface area contributed by atoms with Gasteiger partial charge in [0.2, 0.25) is 0 Å². The van der Waals surface area contributed by atoms with Crippen LogP contribution in [0.2, 0.25) is 5.02 Å². The van der Waals surface area contributed by atoms with Crippen molar-refractivity contribution in [3.8, 4) is 5.75 Å². The predicted molar refractivity (Wildman–Crippen MR) is 151 cm³/mol. The summed E-state index contributed by atoms with van der Waals surface area (Å²) in [4.78, 5) is 44.0. The molecule has 1 aliphatic rings. The largest absolute Gasteiger partial charge is 0.488 e. The van der Waals surface area contributed by atoms with E-state index < -0.39 is 41.1 Å². The molecule has 12 heteroatoms. The molecule has 0 radical (unpaired) electrons. The van der Waals surface area contributed by atoms with Crippen LogP contribution in [0.3, 0.4) is 0 Å². The number of carbonyl (C=O) groups excluding carboxylic acids is 3. The van der Waals surface area contributed by atoms with Crippen LogP contribution >= 0.6 is 11.6 Å². The lowest BCUT2D eigenvalue weighted by atomic mass is 10.1. The van der Waals surface area contributed by atoms with Gasteiger partial charge in [0.15, 0.2) is 11.6 Å². The van der Waals surface area contributed by atoms with Crippen LogP contribution in [0.4, 0.5) is 9.18 Å². The number of amides is 3. The van der Waals surface area contributed by atoms with Crippen molar-refractivity contribution in [2.75, 3.05) is 13.2 Å². The van der Waals surface area contributed by atoms with Crippen molar-refractivity contribution in [1.82, 2.24) is 20.7 Å². The fourth-order valence-electron chi connectivity index (χ4n) is 4.33. The highest BCUT2D eigenvalue weighted by molar-refractivity contribution is 6.34. The van der Waals surface area contributed by atoms with Crippen LogP contribution in [-0.2, 0) is 15.9 Å². The molecule has 3 amide bonds. The molecular weight excluding hydrogens is 555 g/mol. The second-order valence-corrected chi connectivity index (χ2v) is 12.2. The minimum Gasteiger partial charge on any atom is -0.488 e. The molecule has 1 saturated heterocycles. The molecule has 0 aliphatic carbocycles. The molecule has 41 heavy (non-hydrogen) atoms. The van der Waals surface area contributed by atoms with Crippen molar-refractivity contribution < 1.29 is 33.0 Å². The molecule has 1 aromatic heterocycles. The van der Waals surface area contributed by atoms with Gasteiger partial charge in [-0.05, 0) is 72.1 Å². The number of benzene rings is 1. The quantitative estimate of drug-likeness (QED) is 0.424. The monoisotopic (exact) mass is 592 g/mol. The second kappa shape index (κ2) is 12.6. The number of carbonyl (C=O) groups is 3. The number of rotatable bonds is 7. The zero-order valence-electron chi connectivity index (χ0n) is 24.7. The van der Waals surface area contributed by atoms with Crippen LogP contribution < -0.4 is 15.6 Å². The molecule has 1 aliphatic heterocycles. The van der Waals surface area contributed by atoms with Gasteiger partial charge in [-0.2, -0.15) is 0 Å². The minimum absolute atomic E-state index is 0.0980. The number of pyridine rings is 1. The van der Waals surface area contributed by atoms with Gasteiger partial charge >= 0.3 is 6.09 Å². The Balaban J connectivity index is 1.65. The Morgan fingerprint density at radius 2 is 1.83 bits per heavy atom. The SMILES string of the molecule is Cc1cc(C(=O)NNC(=O)c2cc(F)c(OC[C@H]3COC(C)(C)N3C(=O)OC(C)(C)C)cc2Cl)cc(CC(C)C)n1. The van der Waals surface area contributed by atoms with Crippen LogP contribution in [0, 0.1) is 18.7 Å². The number of nitrogens with zero attached hydrogens (tertiary/aromatic N) is 2. The maximum Gasteiger partial charge on any atom is 0.413 e. The molecule has 0 saturated carbocycles. The molecule has 1 atom stereocenters. The molecule has 0 bridgehead atoms. The standard InChI is InChI=1S/C29H38ClFN4O6/c1-16(2)9-19-11-18(10-17(3)32-19)25(36)33-34-26(37)21-12-23(31)24(13-22(21)30)39-14-20-15-40-29(7,8)35(20)27(38)41-28(4,5)6/h10-13,16,20H,9,14-15H2,1-8H3,(H,33,36)(H,34,37)/t20-/m0/s1. The first-order valence-corrected chi connectivity index (χ1v) is 13.7. The van der Waals surface area contributed by atoms with E-state index >= 15 is 0 Å². The Kier molecular flexibility index (Phi) is 9.86. The van der Waals surface area contributed by atoms with E-state index in [2.05, 4.69) is 15.8 Å². The van der Waals surface area contributed by atoms with E-state index in [-0.39, 0.29) is 29.5 Å². The summed E-state index contributed by atoms with van der Waals surface area (Å²) >= 11 is 6.27. The van der Waals surface area contributed by atoms with Crippen molar-refractivity contribution in [2.45, 2.75) is 79.2 Å². The number of aromatic nitrogens is 1. The fourth-order valence-corrected chi connectivity index (χ4v) is 4.57. The van der Waals surface area contributed by atoms with Crippen LogP contribution in [0.5, 0.6) is 5.75 Å². The first kappa shape index (κ1) is 32.1. The van der Waals surface area contributed by atoms with E-state index in [4.69, 9.17) is 25.8 Å². The summed E-state index contributed by atoms with van der Waals surface area (Å²) in [7, 11) is 0. The van der Waals surface area contributed by atoms with E-state index in [1.807, 2.05) is 13.8 Å². The van der Waals surface area contributed by atoms with Gasteiger partial charge in [-0.25, -0.2) is 9.18 Å². The lowest BCUT2D eigenvalue weighted by Gasteiger charge is -2.35. The number of hydrogen-bond acceptors (Lipinski definition) is 7. The zero-order valence-corrected chi connectivity index (χ0v) is 25.4. The number of aryl methyl sites for hydroxylation is 1. The van der Waals surface area contributed by atoms with Crippen molar-refractivity contribution in [3.63, 3.8) is 0 Å². The summed E-state index contributed by atoms with van der Waals surface area (Å²) < 4.78 is 31.8. The second-order valence-electron chi connectivity index (χ2n) is 11.8. The Morgan fingerprint density at radius 1 is 1.17 bits per heavy atom. The molecule has 3 rings (SSSR count). The van der Waals surface area contributed by atoms with Crippen molar-refractivity contribution in [3.05, 3.63) is 57.6 Å². The third kappa shape index (κ3) is 8.53. The smallest absolute Gasteiger partial charge is 0.413 e. The summed E-state index contributed by atoms with van der Waals surface area (Å²) in [6.07, 6.45) is 0.113. The highest BCUT2D eigenvalue weighted by atomic mass is 35.5. The summed E-state index contributed by atoms with van der Waals surface area (Å²) in [6.45, 7) is 14.6. The van der Waals surface area contributed by atoms with Gasteiger partial charge in [0.1, 0.15) is 17.9 Å². The number of ether oxygens (including phenoxy) is 3. The van der Waals surface area contributed by atoms with Gasteiger partial charge in [-0.3, -0.25) is 30.3 Å². The third-order valence-corrected chi connectivity index (χ3v) is 6.35. The molecule has 0 spiro atoms. The molecule has 2 heterocycles. The molecular formula is C29H38ClFN4O6. The van der Waals surface area contributed by atoms with Crippen molar-refractivity contribution in [2.24, 2.45) is 5.92 Å². The minimum atomic E-state index is -0.954. The summed E-state index contributed by atoms with van der Waals surface area (Å²) in [6, 6.07) is 4.78. The number of hydrogen-bond donors (Lipinski definition) is 2. The fraction of sp³-hybridized carbons (Fsp3) is 0.517. The van der Waals surface area contributed by atoms with Crippen LogP contribution in [-0.4, -0.2) is 58.4 Å². The number of hydrazine groups is 1. The molecule has 1 aromatic carbocycles. The van der Waals surface area contributed by atoms with Gasteiger partial charge in [0.05, 0.1) is 23.2 Å². The highest BCUT2D eigenvalue weighted by Crippen LogP contribution is 2.31. The van der Waals surface area contributed by atoms with Gasteiger partial charge in [0.25, 0.3) is 11.8 Å². The van der Waals surface area contributed by atoms with Gasteiger partial charge in [-0.1, -0.05) is 25.4 Å². The zero-order chi connectivity index (χ0) is 30.7. The third-order valence-electron chi connectivity index (χ3n) is 6.04. The van der Waals surface area contributed by atoms with Crippen molar-refractivity contribution in [1.29, 1.82) is 0 Å². The number of nitrogens with one attached hydrogen (secondary N) is 2. The molecule has 2 aromatic rings. The topological polar surface area (TPSA) is 119 Å². The Morgan fingerprint density at radius 3 is 2.46 bits per heavy atom. The lowest BCUT2D eigenvalue weighted by molar-refractivity contribution is -0.0637. The van der Waals surface area contributed by atoms with E-state index in [1.54, 1.807) is 53.7 Å².